The van der Waals surface area contributed by atoms with Gasteiger partial charge in [-0.25, -0.2) is 0 Å². The Morgan fingerprint density at radius 2 is 2.58 bits per heavy atom. The highest BCUT2D eigenvalue weighted by Crippen LogP contribution is 1.90. The number of hydrogen-bond acceptors (Lipinski definition) is 4. The molecular formula is C8H13N3O. The third-order valence-electron chi connectivity index (χ3n) is 1.35. The molecule has 0 aromatic carbocycles. The molecule has 1 aromatic heterocycles. The summed E-state index contributed by atoms with van der Waals surface area (Å²) in [5.41, 5.74) is 1.13. The van der Waals surface area contributed by atoms with E-state index in [0.717, 1.165) is 25.1 Å². The van der Waals surface area contributed by atoms with Gasteiger partial charge in [0.2, 0.25) is 5.89 Å². The fourth-order valence-electron chi connectivity index (χ4n) is 0.803. The van der Waals surface area contributed by atoms with Crippen molar-refractivity contribution >= 4 is 0 Å². The Balaban J connectivity index is 2.07. The molecule has 0 aliphatic carbocycles. The Morgan fingerprint density at radius 1 is 1.75 bits per heavy atom. The van der Waals surface area contributed by atoms with Crippen LogP contribution in [0.5, 0.6) is 0 Å². The minimum atomic E-state index is 0.671. The molecule has 0 unspecified atom stereocenters. The van der Waals surface area contributed by atoms with Crippen LogP contribution in [-0.4, -0.2) is 23.2 Å². The molecule has 0 saturated carbocycles. The van der Waals surface area contributed by atoms with Crippen molar-refractivity contribution in [3.63, 3.8) is 0 Å². The molecule has 1 aromatic rings. The summed E-state index contributed by atoms with van der Waals surface area (Å²) in [6.07, 6.45) is 2.18. The van der Waals surface area contributed by atoms with Crippen LogP contribution >= 0.6 is 0 Å². The quantitative estimate of drug-likeness (QED) is 0.520. The molecule has 0 spiro atoms. The molecule has 0 bridgehead atoms. The first kappa shape index (κ1) is 8.93. The van der Waals surface area contributed by atoms with E-state index in [1.54, 1.807) is 0 Å². The van der Waals surface area contributed by atoms with Gasteiger partial charge >= 0.3 is 0 Å². The smallest absolute Gasteiger partial charge is 0.227 e. The van der Waals surface area contributed by atoms with Crippen molar-refractivity contribution in [2.24, 2.45) is 0 Å². The first-order valence-corrected chi connectivity index (χ1v) is 3.89. The number of rotatable bonds is 5. The molecule has 4 nitrogen and oxygen atoms in total. The first-order chi connectivity index (χ1) is 5.79. The number of nitrogens with one attached hydrogen (secondary N) is 1. The van der Waals surface area contributed by atoms with E-state index in [0.29, 0.717) is 5.89 Å². The van der Waals surface area contributed by atoms with Gasteiger partial charge in [-0.1, -0.05) is 17.3 Å². The van der Waals surface area contributed by atoms with Crippen molar-refractivity contribution in [2.45, 2.75) is 13.3 Å². The Morgan fingerprint density at radius 3 is 3.17 bits per heavy atom. The lowest BCUT2D eigenvalue weighted by atomic mass is 10.3. The molecule has 0 radical (unpaired) electrons. The zero-order chi connectivity index (χ0) is 8.81. The molecule has 1 heterocycles. The van der Waals surface area contributed by atoms with Gasteiger partial charge in [-0.05, 0) is 6.92 Å². The van der Waals surface area contributed by atoms with Crippen LogP contribution in [0.3, 0.4) is 0 Å². The predicted octanol–water partition coefficient (Wildman–Crippen LogP) is 0.778. The normalized spacial score (nSPS) is 10.1. The van der Waals surface area contributed by atoms with Crippen LogP contribution in [0.2, 0.25) is 0 Å². The summed E-state index contributed by atoms with van der Waals surface area (Å²) < 4.78 is 4.82. The lowest BCUT2D eigenvalue weighted by Crippen LogP contribution is -2.18. The van der Waals surface area contributed by atoms with Crippen LogP contribution in [0.1, 0.15) is 12.8 Å². The zero-order valence-electron chi connectivity index (χ0n) is 7.21. The van der Waals surface area contributed by atoms with E-state index < -0.39 is 0 Å². The Labute approximate surface area is 71.7 Å². The van der Waals surface area contributed by atoms with Gasteiger partial charge in [0, 0.05) is 19.5 Å². The summed E-state index contributed by atoms with van der Waals surface area (Å²) in [5, 5.41) is 6.70. The molecule has 0 aliphatic heterocycles. The largest absolute Gasteiger partial charge is 0.340 e. The van der Waals surface area contributed by atoms with Crippen LogP contribution in [0.4, 0.5) is 0 Å². The van der Waals surface area contributed by atoms with E-state index in [4.69, 9.17) is 4.52 Å². The molecule has 1 N–H and O–H groups in total. The fourth-order valence-corrected chi connectivity index (χ4v) is 0.803. The topological polar surface area (TPSA) is 51.0 Å². The average Bonchev–Trinajstić information content (AvgIpc) is 2.49. The molecule has 1 rings (SSSR count). The van der Waals surface area contributed by atoms with Crippen LogP contribution in [0.25, 0.3) is 0 Å². The molecule has 0 amide bonds. The van der Waals surface area contributed by atoms with E-state index >= 15 is 0 Å². The summed E-state index contributed by atoms with van der Waals surface area (Å²) >= 11 is 0. The minimum absolute atomic E-state index is 0.671. The molecule has 66 valence electrons. The first-order valence-electron chi connectivity index (χ1n) is 3.89. The van der Waals surface area contributed by atoms with Crippen LogP contribution in [-0.2, 0) is 6.42 Å². The summed E-state index contributed by atoms with van der Waals surface area (Å²) in [6.45, 7) is 7.45. The van der Waals surface area contributed by atoms with Crippen molar-refractivity contribution < 1.29 is 4.52 Å². The highest BCUT2D eigenvalue weighted by molar-refractivity contribution is 4.90. The van der Waals surface area contributed by atoms with E-state index in [1.165, 1.54) is 6.33 Å². The van der Waals surface area contributed by atoms with Crippen molar-refractivity contribution in [3.05, 3.63) is 24.4 Å². The van der Waals surface area contributed by atoms with Gasteiger partial charge in [0.25, 0.3) is 0 Å². The highest BCUT2D eigenvalue weighted by atomic mass is 16.5. The molecule has 4 heteroatoms. The average molecular weight is 167 g/mol. The van der Waals surface area contributed by atoms with Crippen LogP contribution in [0, 0.1) is 0 Å². The molecule has 12 heavy (non-hydrogen) atoms. The van der Waals surface area contributed by atoms with Crippen molar-refractivity contribution in [3.8, 4) is 0 Å². The van der Waals surface area contributed by atoms with Gasteiger partial charge in [0.1, 0.15) is 0 Å². The van der Waals surface area contributed by atoms with Gasteiger partial charge in [0.05, 0.1) is 0 Å². The summed E-state index contributed by atoms with van der Waals surface area (Å²) in [6, 6.07) is 0. The van der Waals surface area contributed by atoms with Crippen molar-refractivity contribution in [2.75, 3.05) is 13.1 Å². The monoisotopic (exact) mass is 167 g/mol. The highest BCUT2D eigenvalue weighted by Gasteiger charge is 1.96. The SMILES string of the molecule is C=C(C)CNCCc1ncno1. The summed E-state index contributed by atoms with van der Waals surface area (Å²) in [7, 11) is 0. The van der Waals surface area contributed by atoms with E-state index in [-0.39, 0.29) is 0 Å². The molecule has 0 fully saturated rings. The third-order valence-corrected chi connectivity index (χ3v) is 1.35. The second-order valence-electron chi connectivity index (χ2n) is 2.72. The van der Waals surface area contributed by atoms with Gasteiger partial charge < -0.3 is 9.84 Å². The third kappa shape index (κ3) is 3.30. The van der Waals surface area contributed by atoms with E-state index in [1.807, 2.05) is 6.92 Å². The van der Waals surface area contributed by atoms with E-state index in [2.05, 4.69) is 22.0 Å². The maximum atomic E-state index is 4.82. The van der Waals surface area contributed by atoms with Crippen LogP contribution in [0.15, 0.2) is 23.0 Å². The number of aromatic nitrogens is 2. The molecule has 0 saturated heterocycles. The number of nitrogens with zero attached hydrogens (tertiary/aromatic N) is 2. The van der Waals surface area contributed by atoms with Crippen molar-refractivity contribution in [1.82, 2.24) is 15.5 Å². The van der Waals surface area contributed by atoms with Crippen molar-refractivity contribution in [1.29, 1.82) is 0 Å². The van der Waals surface area contributed by atoms with Gasteiger partial charge in [0.15, 0.2) is 6.33 Å². The van der Waals surface area contributed by atoms with Gasteiger partial charge in [-0.3, -0.25) is 0 Å². The molecule has 0 aliphatic rings. The maximum absolute atomic E-state index is 4.82. The molecule has 0 atom stereocenters. The fraction of sp³-hybridized carbons (Fsp3) is 0.500. The maximum Gasteiger partial charge on any atom is 0.227 e. The minimum Gasteiger partial charge on any atom is -0.340 e. The van der Waals surface area contributed by atoms with Crippen LogP contribution < -0.4 is 5.32 Å². The van der Waals surface area contributed by atoms with Gasteiger partial charge in [-0.2, -0.15) is 4.98 Å². The summed E-state index contributed by atoms with van der Waals surface area (Å²) in [5.74, 6) is 0.671. The lowest BCUT2D eigenvalue weighted by Gasteiger charge is -2.00. The zero-order valence-corrected chi connectivity index (χ0v) is 7.21. The van der Waals surface area contributed by atoms with Gasteiger partial charge in [-0.15, -0.1) is 0 Å². The Kier molecular flexibility index (Phi) is 3.47. The number of hydrogen-bond donors (Lipinski definition) is 1. The standard InChI is InChI=1S/C8H13N3O/c1-7(2)5-9-4-3-8-10-6-11-12-8/h6,9H,1,3-5H2,2H3. The summed E-state index contributed by atoms with van der Waals surface area (Å²) in [4.78, 5) is 3.89. The second-order valence-corrected chi connectivity index (χ2v) is 2.72. The van der Waals surface area contributed by atoms with E-state index in [9.17, 15) is 0 Å². The Bertz CT molecular complexity index is 230. The molecular weight excluding hydrogens is 154 g/mol. The predicted molar refractivity (Wildman–Crippen MR) is 45.7 cm³/mol. The Hall–Kier alpha value is -1.16. The second kappa shape index (κ2) is 4.66. The lowest BCUT2D eigenvalue weighted by molar-refractivity contribution is 0.375.